The van der Waals surface area contributed by atoms with E-state index in [4.69, 9.17) is 27.9 Å². The highest BCUT2D eigenvalue weighted by Crippen LogP contribution is 2.44. The number of aryl methyl sites for hydroxylation is 2. The van der Waals surface area contributed by atoms with E-state index in [-0.39, 0.29) is 30.2 Å². The first-order valence-electron chi connectivity index (χ1n) is 14.0. The standard InChI is InChI=1S/C30H33Cl2N5O5S/c1-5-34-24-15-20(19-33)22(31)17-26(24)35(6-2)28(34)11-9-12-29-36(7-3)27-18-23(32)21(30(38)42-8-4)16-25(27)37(29)13-10-14-43(39,40)41/h9,11-12,15-18H,5-8,10,13-14H2,1-4H3. The average Bonchev–Trinajstić information content (AvgIpc) is 3.40. The first kappa shape index (κ1) is 32.4. The first-order valence-corrected chi connectivity index (χ1v) is 16.4. The summed E-state index contributed by atoms with van der Waals surface area (Å²) in [6.07, 6.45) is 5.85. The largest absolute Gasteiger partial charge is 0.748 e. The van der Waals surface area contributed by atoms with Crippen molar-refractivity contribution in [3.05, 3.63) is 69.2 Å². The van der Waals surface area contributed by atoms with Gasteiger partial charge in [-0.25, -0.2) is 22.3 Å². The molecule has 2 heterocycles. The van der Waals surface area contributed by atoms with Crippen molar-refractivity contribution in [3.63, 3.8) is 0 Å². The highest BCUT2D eigenvalue weighted by molar-refractivity contribution is 7.85. The van der Waals surface area contributed by atoms with Crippen LogP contribution in [0.15, 0.2) is 42.2 Å². The lowest BCUT2D eigenvalue weighted by Gasteiger charge is -2.23. The van der Waals surface area contributed by atoms with Gasteiger partial charge in [-0.05, 0) is 52.3 Å². The molecule has 0 bridgehead atoms. The Morgan fingerprint density at radius 1 is 1.05 bits per heavy atom. The molecule has 0 saturated heterocycles. The molecule has 1 aromatic heterocycles. The molecule has 0 saturated carbocycles. The fourth-order valence-corrected chi connectivity index (χ4v) is 6.33. The van der Waals surface area contributed by atoms with Crippen molar-refractivity contribution in [2.75, 3.05) is 35.2 Å². The topological polar surface area (TPSA) is 123 Å². The van der Waals surface area contributed by atoms with Crippen molar-refractivity contribution in [1.29, 1.82) is 5.26 Å². The lowest BCUT2D eigenvalue weighted by Crippen LogP contribution is -2.37. The number of fused-ring (bicyclic) bond motifs is 2. The summed E-state index contributed by atoms with van der Waals surface area (Å²) in [5.74, 6) is 0.547. The van der Waals surface area contributed by atoms with Gasteiger partial charge >= 0.3 is 5.97 Å². The Hall–Kier alpha value is -3.56. The van der Waals surface area contributed by atoms with Crippen LogP contribution in [-0.2, 0) is 27.9 Å². The Morgan fingerprint density at radius 3 is 2.30 bits per heavy atom. The van der Waals surface area contributed by atoms with E-state index in [1.807, 2.05) is 54.2 Å². The summed E-state index contributed by atoms with van der Waals surface area (Å²) in [6.45, 7) is 10.0. The summed E-state index contributed by atoms with van der Waals surface area (Å²) in [5, 5.41) is 10.1. The molecule has 0 N–H and O–H groups in total. The molecule has 0 amide bonds. The molecule has 1 aliphatic rings. The monoisotopic (exact) mass is 645 g/mol. The average molecular weight is 647 g/mol. The smallest absolute Gasteiger partial charge is 0.339 e. The number of nitriles is 1. The molecule has 43 heavy (non-hydrogen) atoms. The maximum atomic E-state index is 12.6. The van der Waals surface area contributed by atoms with Gasteiger partial charge in [-0.15, -0.1) is 0 Å². The molecule has 228 valence electrons. The predicted molar refractivity (Wildman–Crippen MR) is 167 cm³/mol. The normalized spacial score (nSPS) is 14.2. The van der Waals surface area contributed by atoms with Crippen LogP contribution in [0, 0.1) is 11.3 Å². The molecule has 10 nitrogen and oxygen atoms in total. The number of ether oxygens (including phenoxy) is 1. The molecule has 3 aromatic rings. The van der Waals surface area contributed by atoms with Crippen LogP contribution < -0.4 is 14.4 Å². The number of carbonyl (C=O) groups excluding carboxylic acids is 1. The third-order valence-corrected chi connectivity index (χ3v) is 8.64. The van der Waals surface area contributed by atoms with E-state index < -0.39 is 21.8 Å². The molecule has 0 fully saturated rings. The van der Waals surface area contributed by atoms with E-state index in [1.165, 1.54) is 0 Å². The molecule has 0 unspecified atom stereocenters. The van der Waals surface area contributed by atoms with E-state index in [0.717, 1.165) is 28.5 Å². The first-order chi connectivity index (χ1) is 20.5. The van der Waals surface area contributed by atoms with E-state index in [2.05, 4.69) is 15.9 Å². The molecule has 1 aliphatic heterocycles. The third-order valence-electron chi connectivity index (χ3n) is 7.23. The minimum atomic E-state index is -4.41. The van der Waals surface area contributed by atoms with Crippen molar-refractivity contribution in [2.45, 2.75) is 47.2 Å². The number of hydrogen-bond acceptors (Lipinski definition) is 8. The van der Waals surface area contributed by atoms with Crippen LogP contribution in [0.1, 0.15) is 55.9 Å². The zero-order valence-corrected chi connectivity index (χ0v) is 26.8. The van der Waals surface area contributed by atoms with E-state index >= 15 is 0 Å². The molecule has 0 spiro atoms. The number of carbonyl (C=O) groups is 1. The molecule has 0 atom stereocenters. The van der Waals surface area contributed by atoms with E-state index in [9.17, 15) is 23.0 Å². The Kier molecular flexibility index (Phi) is 10.1. The van der Waals surface area contributed by atoms with Gasteiger partial charge in [-0.1, -0.05) is 29.3 Å². The van der Waals surface area contributed by atoms with Gasteiger partial charge in [0.05, 0.1) is 62.4 Å². The van der Waals surface area contributed by atoms with Crippen molar-refractivity contribution in [1.82, 2.24) is 4.57 Å². The molecule has 0 radical (unpaired) electrons. The van der Waals surface area contributed by atoms with Crippen LogP contribution >= 0.6 is 23.2 Å². The van der Waals surface area contributed by atoms with Gasteiger partial charge in [-0.2, -0.15) is 5.26 Å². The van der Waals surface area contributed by atoms with Crippen LogP contribution in [0.3, 0.4) is 0 Å². The summed E-state index contributed by atoms with van der Waals surface area (Å²) in [6, 6.07) is 9.10. The highest BCUT2D eigenvalue weighted by atomic mass is 35.5. The number of rotatable bonds is 11. The van der Waals surface area contributed by atoms with Crippen molar-refractivity contribution in [2.24, 2.45) is 0 Å². The van der Waals surface area contributed by atoms with Gasteiger partial charge in [0.2, 0.25) is 0 Å². The van der Waals surface area contributed by atoms with Gasteiger partial charge < -0.3 is 19.1 Å². The van der Waals surface area contributed by atoms with Crippen molar-refractivity contribution < 1.29 is 27.1 Å². The van der Waals surface area contributed by atoms with Crippen LogP contribution in [-0.4, -0.2) is 49.0 Å². The summed E-state index contributed by atoms with van der Waals surface area (Å²) >= 11 is 12.9. The van der Waals surface area contributed by atoms with Crippen LogP contribution in [0.25, 0.3) is 17.1 Å². The number of aromatic nitrogens is 2. The lowest BCUT2D eigenvalue weighted by atomic mass is 10.2. The molecule has 0 aliphatic carbocycles. The zero-order chi connectivity index (χ0) is 31.5. The summed E-state index contributed by atoms with van der Waals surface area (Å²) < 4.78 is 43.2. The Morgan fingerprint density at radius 2 is 1.72 bits per heavy atom. The Bertz CT molecular complexity index is 1780. The molecule has 13 heteroatoms. The highest BCUT2D eigenvalue weighted by Gasteiger charge is 2.31. The molecule has 2 aromatic carbocycles. The van der Waals surface area contributed by atoms with Gasteiger partial charge in [0, 0.05) is 37.1 Å². The number of benzene rings is 2. The van der Waals surface area contributed by atoms with Crippen LogP contribution in [0.5, 0.6) is 0 Å². The summed E-state index contributed by atoms with van der Waals surface area (Å²) in [5.41, 5.74) is 3.80. The molecule has 4 rings (SSSR count). The second-order valence-electron chi connectivity index (χ2n) is 9.72. The van der Waals surface area contributed by atoms with Crippen LogP contribution in [0.4, 0.5) is 11.4 Å². The second-order valence-corrected chi connectivity index (χ2v) is 12.1. The number of hydrogen-bond donors (Lipinski definition) is 0. The fourth-order valence-electron chi connectivity index (χ4n) is 5.42. The van der Waals surface area contributed by atoms with Gasteiger partial charge in [0.1, 0.15) is 11.9 Å². The van der Waals surface area contributed by atoms with Crippen LogP contribution in [0.2, 0.25) is 10.0 Å². The maximum Gasteiger partial charge on any atom is 0.339 e. The minimum Gasteiger partial charge on any atom is -0.748 e. The Labute approximate surface area is 261 Å². The number of imidazole rings is 1. The third kappa shape index (κ3) is 6.53. The zero-order valence-electron chi connectivity index (χ0n) is 24.4. The van der Waals surface area contributed by atoms with Gasteiger partial charge in [0.25, 0.3) is 5.82 Å². The van der Waals surface area contributed by atoms with Gasteiger partial charge in [-0.3, -0.25) is 0 Å². The van der Waals surface area contributed by atoms with Gasteiger partial charge in [0.15, 0.2) is 11.0 Å². The quantitative estimate of drug-likeness (QED) is 0.153. The minimum absolute atomic E-state index is 0.0865. The van der Waals surface area contributed by atoms with E-state index in [0.29, 0.717) is 35.7 Å². The second kappa shape index (κ2) is 13.4. The van der Waals surface area contributed by atoms with E-state index in [1.54, 1.807) is 25.1 Å². The number of esters is 1. The maximum absolute atomic E-state index is 12.6. The van der Waals surface area contributed by atoms with Crippen molar-refractivity contribution >= 4 is 67.8 Å². The molecular formula is C30H33Cl2N5O5S. The summed E-state index contributed by atoms with van der Waals surface area (Å²) in [4.78, 5) is 16.8. The number of anilines is 2. The molecular weight excluding hydrogens is 613 g/mol. The number of halogens is 2. The lowest BCUT2D eigenvalue weighted by molar-refractivity contribution is -0.673. The fraction of sp³-hybridized carbons (Fsp3) is 0.367. The predicted octanol–water partition coefficient (Wildman–Crippen LogP) is 5.46. The summed E-state index contributed by atoms with van der Waals surface area (Å²) in [7, 11) is -4.41. The Balaban J connectivity index is 1.84. The SMILES string of the molecule is CCOC(=O)c1cc2c(cc1Cl)n(CC)c(C=CC=C1N(CC)c3cc(Cl)c(C#N)cc3N1CC)[n+]2CCCS(=O)(=O)[O-]. The number of nitrogens with zero attached hydrogens (tertiary/aromatic N) is 5. The van der Waals surface area contributed by atoms with Crippen molar-refractivity contribution in [3.8, 4) is 6.07 Å². The number of allylic oxidation sites excluding steroid dienone is 2.